The lowest BCUT2D eigenvalue weighted by atomic mass is 9.76. The number of hydrogen-bond acceptors (Lipinski definition) is 5. The lowest BCUT2D eigenvalue weighted by Gasteiger charge is -2.37. The highest BCUT2D eigenvalue weighted by Gasteiger charge is 2.48. The van der Waals surface area contributed by atoms with Crippen molar-refractivity contribution in [1.29, 1.82) is 0 Å². The highest BCUT2D eigenvalue weighted by molar-refractivity contribution is 6.32. The van der Waals surface area contributed by atoms with Crippen LogP contribution in [-0.4, -0.2) is 48.5 Å². The Balaban J connectivity index is 1.30. The molecule has 2 heterocycles. The molecule has 2 aliphatic carbocycles. The minimum atomic E-state index is -0.387. The van der Waals surface area contributed by atoms with E-state index >= 15 is 0 Å². The summed E-state index contributed by atoms with van der Waals surface area (Å²) in [6.07, 6.45) is 7.22. The molecular weight excluding hydrogens is 368 g/mol. The Labute approximate surface area is 164 Å². The molecule has 4 rings (SSSR count). The predicted octanol–water partition coefficient (Wildman–Crippen LogP) is 2.82. The van der Waals surface area contributed by atoms with Crippen LogP contribution >= 0.6 is 11.6 Å². The zero-order chi connectivity index (χ0) is 18.9. The molecule has 1 saturated heterocycles. The third-order valence-corrected chi connectivity index (χ3v) is 6.59. The van der Waals surface area contributed by atoms with E-state index in [1.165, 1.54) is 19.0 Å². The zero-order valence-electron chi connectivity index (χ0n) is 15.5. The summed E-state index contributed by atoms with van der Waals surface area (Å²) in [5.41, 5.74) is 0.381. The second-order valence-corrected chi connectivity index (χ2v) is 8.60. The van der Waals surface area contributed by atoms with Gasteiger partial charge < -0.3 is 19.9 Å². The first-order valence-electron chi connectivity index (χ1n) is 9.90. The van der Waals surface area contributed by atoms with Crippen LogP contribution in [0, 0.1) is 17.3 Å². The Morgan fingerprint density at radius 2 is 2.11 bits per heavy atom. The molecule has 27 heavy (non-hydrogen) atoms. The number of nitrogens with zero attached hydrogens (tertiary/aromatic N) is 1. The van der Waals surface area contributed by atoms with Gasteiger partial charge in [-0.15, -0.1) is 0 Å². The number of halogens is 1. The third kappa shape index (κ3) is 4.23. The van der Waals surface area contributed by atoms with Crippen LogP contribution in [0.25, 0.3) is 0 Å². The molecule has 0 radical (unpaired) electrons. The normalized spacial score (nSPS) is 26.9. The number of rotatable bonds is 6. The van der Waals surface area contributed by atoms with Gasteiger partial charge in [-0.1, -0.05) is 11.6 Å². The molecule has 7 heteroatoms. The highest BCUT2D eigenvalue weighted by atomic mass is 35.5. The Morgan fingerprint density at radius 3 is 2.81 bits per heavy atom. The number of aromatic nitrogens is 1. The standard InChI is InChI=1S/C20H27ClN2O4/c21-16-9-15(11-23-19(16)27-12-13-1-2-13)18(25)22-10-14-3-4-20(17(14)24)5-7-26-8-6-20/h9,11,13-14,17,24H,1-8,10,12H2,(H,22,25)/t14-,17+/m1/s1. The first kappa shape index (κ1) is 19.0. The van der Waals surface area contributed by atoms with Crippen molar-refractivity contribution >= 4 is 17.5 Å². The Morgan fingerprint density at radius 1 is 1.33 bits per heavy atom. The molecule has 2 saturated carbocycles. The summed E-state index contributed by atoms with van der Waals surface area (Å²) in [6.45, 7) is 2.52. The maximum absolute atomic E-state index is 12.5. The molecule has 0 bridgehead atoms. The van der Waals surface area contributed by atoms with E-state index in [1.807, 2.05) is 0 Å². The monoisotopic (exact) mass is 394 g/mol. The van der Waals surface area contributed by atoms with Crippen molar-refractivity contribution in [2.45, 2.75) is 44.6 Å². The van der Waals surface area contributed by atoms with Gasteiger partial charge in [-0.2, -0.15) is 0 Å². The summed E-state index contributed by atoms with van der Waals surface area (Å²) in [5.74, 6) is 0.852. The number of amides is 1. The van der Waals surface area contributed by atoms with E-state index in [-0.39, 0.29) is 23.3 Å². The Kier molecular flexibility index (Phi) is 5.58. The van der Waals surface area contributed by atoms with Gasteiger partial charge in [0.25, 0.3) is 5.91 Å². The minimum absolute atomic E-state index is 0.0287. The maximum Gasteiger partial charge on any atom is 0.252 e. The lowest BCUT2D eigenvalue weighted by molar-refractivity contribution is -0.0555. The molecule has 6 nitrogen and oxygen atoms in total. The van der Waals surface area contributed by atoms with E-state index in [9.17, 15) is 9.90 Å². The van der Waals surface area contributed by atoms with Gasteiger partial charge >= 0.3 is 0 Å². The Hall–Kier alpha value is -1.37. The fourth-order valence-electron chi connectivity index (χ4n) is 4.28. The number of carbonyl (C=O) groups excluding carboxylic acids is 1. The number of hydrogen-bond donors (Lipinski definition) is 2. The summed E-state index contributed by atoms with van der Waals surface area (Å²) in [4.78, 5) is 16.6. The summed E-state index contributed by atoms with van der Waals surface area (Å²) < 4.78 is 11.0. The second kappa shape index (κ2) is 7.94. The van der Waals surface area contributed by atoms with Gasteiger partial charge in [0, 0.05) is 37.3 Å². The SMILES string of the molecule is O=C(NC[C@H]1CCC2(CCOCC2)[C@H]1O)c1cnc(OCC2CC2)c(Cl)c1. The molecular formula is C20H27ClN2O4. The van der Waals surface area contributed by atoms with Crippen molar-refractivity contribution < 1.29 is 19.4 Å². The second-order valence-electron chi connectivity index (χ2n) is 8.19. The van der Waals surface area contributed by atoms with Gasteiger partial charge in [0.2, 0.25) is 5.88 Å². The van der Waals surface area contributed by atoms with Crippen LogP contribution in [0.15, 0.2) is 12.3 Å². The van der Waals surface area contributed by atoms with E-state index in [0.29, 0.717) is 35.5 Å². The van der Waals surface area contributed by atoms with Gasteiger partial charge in [-0.05, 0) is 50.5 Å². The first-order valence-corrected chi connectivity index (χ1v) is 10.3. The van der Waals surface area contributed by atoms with Crippen LogP contribution in [-0.2, 0) is 4.74 Å². The molecule has 2 N–H and O–H groups in total. The molecule has 1 amide bonds. The minimum Gasteiger partial charge on any atom is -0.476 e. The van der Waals surface area contributed by atoms with Crippen LogP contribution in [0.1, 0.15) is 48.9 Å². The van der Waals surface area contributed by atoms with E-state index < -0.39 is 0 Å². The molecule has 1 aliphatic heterocycles. The molecule has 1 aromatic rings. The van der Waals surface area contributed by atoms with Crippen molar-refractivity contribution in [2.24, 2.45) is 17.3 Å². The zero-order valence-corrected chi connectivity index (χ0v) is 16.2. The third-order valence-electron chi connectivity index (χ3n) is 6.32. The van der Waals surface area contributed by atoms with Crippen LogP contribution in [0.2, 0.25) is 5.02 Å². The van der Waals surface area contributed by atoms with Gasteiger partial charge in [0.05, 0.1) is 18.3 Å². The number of carbonyl (C=O) groups is 1. The smallest absolute Gasteiger partial charge is 0.252 e. The molecule has 0 aromatic carbocycles. The topological polar surface area (TPSA) is 80.7 Å². The molecule has 1 spiro atoms. The van der Waals surface area contributed by atoms with Crippen LogP contribution in [0.3, 0.4) is 0 Å². The molecule has 3 fully saturated rings. The predicted molar refractivity (Wildman–Crippen MR) is 101 cm³/mol. The van der Waals surface area contributed by atoms with E-state index in [4.69, 9.17) is 21.1 Å². The van der Waals surface area contributed by atoms with Gasteiger partial charge in [0.1, 0.15) is 5.02 Å². The Bertz CT molecular complexity index is 689. The fraction of sp³-hybridized carbons (Fsp3) is 0.700. The number of nitrogens with one attached hydrogen (secondary N) is 1. The number of aliphatic hydroxyl groups is 1. The summed E-state index contributed by atoms with van der Waals surface area (Å²) in [7, 11) is 0. The maximum atomic E-state index is 12.5. The molecule has 2 atom stereocenters. The molecule has 3 aliphatic rings. The largest absolute Gasteiger partial charge is 0.476 e. The summed E-state index contributed by atoms with van der Waals surface area (Å²) >= 11 is 6.21. The van der Waals surface area contributed by atoms with Crippen molar-refractivity contribution in [3.63, 3.8) is 0 Å². The van der Waals surface area contributed by atoms with Crippen LogP contribution in [0.5, 0.6) is 5.88 Å². The highest BCUT2D eigenvalue weighted by Crippen LogP contribution is 2.48. The summed E-state index contributed by atoms with van der Waals surface area (Å²) in [5, 5.41) is 14.1. The lowest BCUT2D eigenvalue weighted by Crippen LogP contribution is -2.41. The quantitative estimate of drug-likeness (QED) is 0.775. The van der Waals surface area contributed by atoms with Crippen LogP contribution < -0.4 is 10.1 Å². The fourth-order valence-corrected chi connectivity index (χ4v) is 4.50. The molecule has 1 aromatic heterocycles. The summed E-state index contributed by atoms with van der Waals surface area (Å²) in [6, 6.07) is 1.59. The van der Waals surface area contributed by atoms with Crippen molar-refractivity contribution in [3.8, 4) is 5.88 Å². The van der Waals surface area contributed by atoms with Gasteiger partial charge in [-0.3, -0.25) is 4.79 Å². The van der Waals surface area contributed by atoms with Crippen molar-refractivity contribution in [2.75, 3.05) is 26.4 Å². The van der Waals surface area contributed by atoms with Crippen molar-refractivity contribution in [3.05, 3.63) is 22.8 Å². The average Bonchev–Trinajstić information content (AvgIpc) is 3.47. The van der Waals surface area contributed by atoms with Crippen molar-refractivity contribution in [1.82, 2.24) is 10.3 Å². The van der Waals surface area contributed by atoms with Crippen LogP contribution in [0.4, 0.5) is 0 Å². The number of pyridine rings is 1. The van der Waals surface area contributed by atoms with E-state index in [1.54, 1.807) is 6.07 Å². The molecule has 148 valence electrons. The number of aliphatic hydroxyl groups excluding tert-OH is 1. The van der Waals surface area contributed by atoms with E-state index in [0.717, 1.165) is 38.9 Å². The number of ether oxygens (including phenoxy) is 2. The average molecular weight is 395 g/mol. The van der Waals surface area contributed by atoms with Gasteiger partial charge in [0.15, 0.2) is 0 Å². The molecule has 0 unspecified atom stereocenters. The first-order chi connectivity index (χ1) is 13.1. The van der Waals surface area contributed by atoms with Gasteiger partial charge in [-0.25, -0.2) is 4.98 Å². The van der Waals surface area contributed by atoms with E-state index in [2.05, 4.69) is 10.3 Å².